The average molecular weight is 773 g/mol. The van der Waals surface area contributed by atoms with Crippen LogP contribution >= 0.6 is 0 Å². The molecule has 13 aromatic rings. The molecule has 0 saturated carbocycles. The molecule has 12 aromatic carbocycles. The number of fused-ring (bicyclic) bond motifs is 13. The fourth-order valence-electron chi connectivity index (χ4n) is 10.4. The number of hydrogen-bond donors (Lipinski definition) is 0. The quantitative estimate of drug-likeness (QED) is 0.128. The molecule has 0 unspecified atom stereocenters. The Bertz CT molecular complexity index is 3830. The van der Waals surface area contributed by atoms with Crippen LogP contribution in [0.4, 0.5) is 0 Å². The van der Waals surface area contributed by atoms with Gasteiger partial charge in [0.2, 0.25) is 0 Å². The lowest BCUT2D eigenvalue weighted by atomic mass is 9.84. The number of hydrogen-bond acceptors (Lipinski definition) is 1. The van der Waals surface area contributed by atoms with Gasteiger partial charge in [0.25, 0.3) is 0 Å². The maximum absolute atomic E-state index is 6.68. The molecule has 0 radical (unpaired) electrons. The normalized spacial score (nSPS) is 11.9. The van der Waals surface area contributed by atoms with E-state index in [0.29, 0.717) is 0 Å². The van der Waals surface area contributed by atoms with Gasteiger partial charge in [-0.2, -0.15) is 0 Å². The van der Waals surface area contributed by atoms with Crippen LogP contribution in [-0.4, -0.2) is 0 Å². The fourth-order valence-corrected chi connectivity index (χ4v) is 10.4. The van der Waals surface area contributed by atoms with Crippen LogP contribution in [0.25, 0.3) is 131 Å². The molecule has 0 fully saturated rings. The summed E-state index contributed by atoms with van der Waals surface area (Å²) in [6, 6.07) is 80.0. The summed E-state index contributed by atoms with van der Waals surface area (Å²) >= 11 is 0. The van der Waals surface area contributed by atoms with E-state index in [1.807, 2.05) is 0 Å². The van der Waals surface area contributed by atoms with E-state index >= 15 is 0 Å². The second-order valence-electron chi connectivity index (χ2n) is 16.3. The van der Waals surface area contributed by atoms with Gasteiger partial charge in [0.1, 0.15) is 11.2 Å². The Morgan fingerprint density at radius 2 is 0.689 bits per heavy atom. The van der Waals surface area contributed by atoms with E-state index < -0.39 is 0 Å². The van der Waals surface area contributed by atoms with Gasteiger partial charge in [-0.3, -0.25) is 0 Å². The van der Waals surface area contributed by atoms with E-state index in [9.17, 15) is 0 Å². The lowest BCUT2D eigenvalue weighted by Gasteiger charge is -2.18. The first-order valence-electron chi connectivity index (χ1n) is 21.1. The minimum atomic E-state index is 0.905. The second kappa shape index (κ2) is 13.3. The highest BCUT2D eigenvalue weighted by atomic mass is 16.3. The summed E-state index contributed by atoms with van der Waals surface area (Å²) in [5.74, 6) is 0. The molecule has 13 rings (SSSR count). The molecule has 61 heavy (non-hydrogen) atoms. The molecule has 0 atom stereocenters. The summed E-state index contributed by atoms with van der Waals surface area (Å²) in [6.07, 6.45) is 0. The lowest BCUT2D eigenvalue weighted by molar-refractivity contribution is 0.673. The molecule has 0 amide bonds. The van der Waals surface area contributed by atoms with Gasteiger partial charge < -0.3 is 4.42 Å². The molecule has 0 aliphatic heterocycles. The van der Waals surface area contributed by atoms with Crippen LogP contribution in [-0.2, 0) is 0 Å². The van der Waals surface area contributed by atoms with Crippen molar-refractivity contribution in [1.29, 1.82) is 0 Å². The van der Waals surface area contributed by atoms with Crippen molar-refractivity contribution in [3.05, 3.63) is 218 Å². The molecular weight excluding hydrogens is 737 g/mol. The van der Waals surface area contributed by atoms with Crippen LogP contribution < -0.4 is 0 Å². The number of furan rings is 1. The first-order chi connectivity index (χ1) is 30.3. The van der Waals surface area contributed by atoms with Crippen molar-refractivity contribution in [3.8, 4) is 44.5 Å². The van der Waals surface area contributed by atoms with E-state index in [2.05, 4.69) is 218 Å². The minimum absolute atomic E-state index is 0.905. The Morgan fingerprint density at radius 3 is 1.33 bits per heavy atom. The van der Waals surface area contributed by atoms with Crippen molar-refractivity contribution in [1.82, 2.24) is 0 Å². The fraction of sp³-hybridized carbons (Fsp3) is 0. The molecule has 0 N–H and O–H groups in total. The second-order valence-corrected chi connectivity index (χ2v) is 16.3. The molecule has 0 spiro atoms. The van der Waals surface area contributed by atoms with Crippen LogP contribution in [0.1, 0.15) is 0 Å². The highest BCUT2D eigenvalue weighted by molar-refractivity contribution is 6.28. The van der Waals surface area contributed by atoms with E-state index in [1.165, 1.54) is 104 Å². The topological polar surface area (TPSA) is 13.1 Å². The van der Waals surface area contributed by atoms with Gasteiger partial charge in [-0.05, 0) is 122 Å². The molecule has 0 aliphatic rings. The Balaban J connectivity index is 0.970. The maximum Gasteiger partial charge on any atom is 0.143 e. The Labute approximate surface area is 352 Å². The summed E-state index contributed by atoms with van der Waals surface area (Å²) in [5.41, 5.74) is 11.6. The molecule has 0 aliphatic carbocycles. The first kappa shape index (κ1) is 33.9. The van der Waals surface area contributed by atoms with E-state index in [4.69, 9.17) is 4.42 Å². The van der Waals surface area contributed by atoms with Gasteiger partial charge in [-0.1, -0.05) is 200 Å². The van der Waals surface area contributed by atoms with Crippen LogP contribution in [0.2, 0.25) is 0 Å². The van der Waals surface area contributed by atoms with Crippen LogP contribution in [0.15, 0.2) is 223 Å². The SMILES string of the molecule is c1ccc(-c2ccc3c4ccccc4c4ccccc4c3c2)c(-c2ccc(-c3c4ccccc4c(-c4cccc5oc6c7ccccc7ccc6c45)c4ccccc34)cc2)c1. The van der Waals surface area contributed by atoms with Crippen molar-refractivity contribution in [2.45, 2.75) is 0 Å². The zero-order chi connectivity index (χ0) is 40.0. The number of benzene rings is 12. The number of rotatable bonds is 4. The van der Waals surface area contributed by atoms with Crippen LogP contribution in [0, 0.1) is 0 Å². The minimum Gasteiger partial charge on any atom is -0.455 e. The highest BCUT2D eigenvalue weighted by Gasteiger charge is 2.21. The molecule has 282 valence electrons. The summed E-state index contributed by atoms with van der Waals surface area (Å²) in [5, 5.41) is 17.3. The van der Waals surface area contributed by atoms with Crippen molar-refractivity contribution >= 4 is 86.6 Å². The molecular formula is C60H36O. The third kappa shape index (κ3) is 5.08. The smallest absolute Gasteiger partial charge is 0.143 e. The van der Waals surface area contributed by atoms with Gasteiger partial charge in [-0.15, -0.1) is 0 Å². The van der Waals surface area contributed by atoms with Crippen LogP contribution in [0.5, 0.6) is 0 Å². The molecule has 1 nitrogen and oxygen atoms in total. The van der Waals surface area contributed by atoms with Crippen molar-refractivity contribution in [3.63, 3.8) is 0 Å². The Morgan fingerprint density at radius 1 is 0.246 bits per heavy atom. The van der Waals surface area contributed by atoms with Gasteiger partial charge in [0.05, 0.1) is 0 Å². The van der Waals surface area contributed by atoms with Crippen LogP contribution in [0.3, 0.4) is 0 Å². The molecule has 0 bridgehead atoms. The first-order valence-corrected chi connectivity index (χ1v) is 21.1. The predicted octanol–water partition coefficient (Wildman–Crippen LogP) is 17.2. The molecule has 0 saturated heterocycles. The zero-order valence-electron chi connectivity index (χ0n) is 33.2. The van der Waals surface area contributed by atoms with Crippen molar-refractivity contribution in [2.75, 3.05) is 0 Å². The largest absolute Gasteiger partial charge is 0.455 e. The summed E-state index contributed by atoms with van der Waals surface area (Å²) < 4.78 is 6.68. The zero-order valence-corrected chi connectivity index (χ0v) is 33.2. The third-order valence-electron chi connectivity index (χ3n) is 13.1. The van der Waals surface area contributed by atoms with Gasteiger partial charge >= 0.3 is 0 Å². The van der Waals surface area contributed by atoms with Gasteiger partial charge in [0.15, 0.2) is 0 Å². The third-order valence-corrected chi connectivity index (χ3v) is 13.1. The summed E-state index contributed by atoms with van der Waals surface area (Å²) in [7, 11) is 0. The monoisotopic (exact) mass is 772 g/mol. The standard InChI is InChI=1S/C60H36O/c1-2-17-43-37(14-1)32-35-54-59-53(26-13-27-56(59)61-60(43)54)58-51-24-11-9-22-49(51)57(50-23-10-12-25-52(50)58)39-30-28-38(29-31-39)41-15-3-4-16-42(41)40-33-34-48-46-20-6-5-18-44(46)45-19-7-8-21-47(45)55(48)36-40/h1-36H. The van der Waals surface area contributed by atoms with Gasteiger partial charge in [-0.25, -0.2) is 0 Å². The average Bonchev–Trinajstić information content (AvgIpc) is 3.73. The molecule has 1 heterocycles. The summed E-state index contributed by atoms with van der Waals surface area (Å²) in [4.78, 5) is 0. The lowest BCUT2D eigenvalue weighted by Crippen LogP contribution is -1.91. The Hall–Kier alpha value is -8.00. The summed E-state index contributed by atoms with van der Waals surface area (Å²) in [6.45, 7) is 0. The Kier molecular flexibility index (Phi) is 7.37. The van der Waals surface area contributed by atoms with Crippen molar-refractivity contribution < 1.29 is 4.42 Å². The van der Waals surface area contributed by atoms with Crippen molar-refractivity contribution in [2.24, 2.45) is 0 Å². The maximum atomic E-state index is 6.68. The van der Waals surface area contributed by atoms with E-state index in [-0.39, 0.29) is 0 Å². The van der Waals surface area contributed by atoms with E-state index in [1.54, 1.807) is 0 Å². The van der Waals surface area contributed by atoms with E-state index in [0.717, 1.165) is 27.3 Å². The molecule has 1 heteroatoms. The predicted molar refractivity (Wildman–Crippen MR) is 260 cm³/mol. The highest BCUT2D eigenvalue weighted by Crippen LogP contribution is 2.48. The van der Waals surface area contributed by atoms with Gasteiger partial charge in [0, 0.05) is 16.2 Å². The molecule has 1 aromatic heterocycles.